The molecule has 0 bridgehead atoms. The van der Waals surface area contributed by atoms with E-state index in [1.54, 1.807) is 0 Å². The number of carbonyl (C=O) groups is 2. The Labute approximate surface area is 115 Å². The molecule has 5 heteroatoms. The molecule has 3 N–H and O–H groups in total. The molecule has 1 heterocycles. The van der Waals surface area contributed by atoms with Crippen LogP contribution in [0.15, 0.2) is 0 Å². The lowest BCUT2D eigenvalue weighted by atomic mass is 9.81. The maximum Gasteiger partial charge on any atom is 0.245 e. The summed E-state index contributed by atoms with van der Waals surface area (Å²) in [5, 5.41) is 2.90. The van der Waals surface area contributed by atoms with Crippen LogP contribution in [0.5, 0.6) is 0 Å². The molecule has 0 aromatic heterocycles. The Bertz CT molecular complexity index is 329. The fourth-order valence-electron chi connectivity index (χ4n) is 2.61. The molecule has 0 aromatic carbocycles. The van der Waals surface area contributed by atoms with Crippen LogP contribution in [-0.4, -0.2) is 41.9 Å². The summed E-state index contributed by atoms with van der Waals surface area (Å²) in [6, 6.07) is -0.190. The quantitative estimate of drug-likeness (QED) is 0.751. The minimum atomic E-state index is -0.536. The highest BCUT2D eigenvalue weighted by Gasteiger charge is 2.39. The van der Waals surface area contributed by atoms with E-state index in [0.29, 0.717) is 25.8 Å². The van der Waals surface area contributed by atoms with Gasteiger partial charge >= 0.3 is 0 Å². The van der Waals surface area contributed by atoms with Gasteiger partial charge < -0.3 is 16.0 Å². The third-order valence-electron chi connectivity index (χ3n) is 4.39. The SMILES string of the molecule is CCC(CC)(CN)C(=O)NC1CCN(C(C)C)C1=O. The van der Waals surface area contributed by atoms with Gasteiger partial charge in [0.25, 0.3) is 0 Å². The van der Waals surface area contributed by atoms with Gasteiger partial charge in [-0.1, -0.05) is 13.8 Å². The molecule has 1 rings (SSSR count). The Morgan fingerprint density at radius 3 is 2.42 bits per heavy atom. The van der Waals surface area contributed by atoms with E-state index in [1.165, 1.54) is 0 Å². The van der Waals surface area contributed by atoms with Crippen molar-refractivity contribution in [2.24, 2.45) is 11.1 Å². The van der Waals surface area contributed by atoms with Crippen LogP contribution in [0.2, 0.25) is 0 Å². The van der Waals surface area contributed by atoms with Crippen LogP contribution in [0.1, 0.15) is 47.0 Å². The van der Waals surface area contributed by atoms with E-state index in [2.05, 4.69) is 5.32 Å². The summed E-state index contributed by atoms with van der Waals surface area (Å²) in [5.74, 6) is -0.0505. The molecule has 0 radical (unpaired) electrons. The smallest absolute Gasteiger partial charge is 0.245 e. The summed E-state index contributed by atoms with van der Waals surface area (Å²) >= 11 is 0. The van der Waals surface area contributed by atoms with Crippen molar-refractivity contribution in [3.63, 3.8) is 0 Å². The van der Waals surface area contributed by atoms with E-state index >= 15 is 0 Å². The number of hydrogen-bond donors (Lipinski definition) is 2. The average Bonchev–Trinajstić information content (AvgIpc) is 2.74. The first-order chi connectivity index (χ1) is 8.91. The monoisotopic (exact) mass is 269 g/mol. The lowest BCUT2D eigenvalue weighted by Crippen LogP contribution is -2.51. The number of likely N-dealkylation sites (tertiary alicyclic amines) is 1. The predicted molar refractivity (Wildman–Crippen MR) is 75.5 cm³/mol. The van der Waals surface area contributed by atoms with Crippen LogP contribution in [0.25, 0.3) is 0 Å². The first-order valence-electron chi connectivity index (χ1n) is 7.23. The Kier molecular flexibility index (Phi) is 5.35. The highest BCUT2D eigenvalue weighted by molar-refractivity contribution is 5.91. The van der Waals surface area contributed by atoms with Crippen LogP contribution in [0.3, 0.4) is 0 Å². The van der Waals surface area contributed by atoms with Crippen molar-refractivity contribution in [3.8, 4) is 0 Å². The average molecular weight is 269 g/mol. The summed E-state index contributed by atoms with van der Waals surface area (Å²) < 4.78 is 0. The number of nitrogens with one attached hydrogen (secondary N) is 1. The van der Waals surface area contributed by atoms with E-state index in [4.69, 9.17) is 5.73 Å². The first kappa shape index (κ1) is 16.0. The van der Waals surface area contributed by atoms with Crippen molar-refractivity contribution in [3.05, 3.63) is 0 Å². The van der Waals surface area contributed by atoms with Crippen molar-refractivity contribution in [1.82, 2.24) is 10.2 Å². The molecule has 0 aliphatic carbocycles. The van der Waals surface area contributed by atoms with Gasteiger partial charge in [-0.3, -0.25) is 9.59 Å². The summed E-state index contributed by atoms with van der Waals surface area (Å²) in [5.41, 5.74) is 5.22. The fourth-order valence-corrected chi connectivity index (χ4v) is 2.61. The second-order valence-corrected chi connectivity index (χ2v) is 5.63. The van der Waals surface area contributed by atoms with Gasteiger partial charge in [-0.25, -0.2) is 0 Å². The standard InChI is InChI=1S/C14H27N3O2/c1-5-14(6-2,9-15)13(19)16-11-7-8-17(10(3)4)12(11)18/h10-11H,5-9,15H2,1-4H3,(H,16,19). The van der Waals surface area contributed by atoms with Crippen LogP contribution in [0, 0.1) is 5.41 Å². The molecule has 1 saturated heterocycles. The Balaban J connectivity index is 2.71. The molecular weight excluding hydrogens is 242 g/mol. The highest BCUT2D eigenvalue weighted by atomic mass is 16.2. The topological polar surface area (TPSA) is 75.4 Å². The first-order valence-corrected chi connectivity index (χ1v) is 7.23. The van der Waals surface area contributed by atoms with Gasteiger partial charge in [0.05, 0.1) is 5.41 Å². The zero-order valence-corrected chi connectivity index (χ0v) is 12.5. The molecule has 0 aromatic rings. The largest absolute Gasteiger partial charge is 0.344 e. The molecule has 1 aliphatic heterocycles. The minimum Gasteiger partial charge on any atom is -0.344 e. The van der Waals surface area contributed by atoms with Crippen LogP contribution in [-0.2, 0) is 9.59 Å². The Morgan fingerprint density at radius 1 is 1.47 bits per heavy atom. The Morgan fingerprint density at radius 2 is 2.05 bits per heavy atom. The summed E-state index contributed by atoms with van der Waals surface area (Å²) in [6.45, 7) is 8.95. The van der Waals surface area contributed by atoms with Crippen molar-refractivity contribution >= 4 is 11.8 Å². The van der Waals surface area contributed by atoms with Gasteiger partial charge in [0, 0.05) is 19.1 Å². The molecule has 19 heavy (non-hydrogen) atoms. The second-order valence-electron chi connectivity index (χ2n) is 5.63. The number of nitrogens with two attached hydrogens (primary N) is 1. The van der Waals surface area contributed by atoms with Crippen LogP contribution >= 0.6 is 0 Å². The molecule has 2 amide bonds. The molecule has 1 unspecified atom stereocenters. The molecule has 5 nitrogen and oxygen atoms in total. The number of hydrogen-bond acceptors (Lipinski definition) is 3. The van der Waals surface area contributed by atoms with Crippen molar-refractivity contribution in [1.29, 1.82) is 0 Å². The highest BCUT2D eigenvalue weighted by Crippen LogP contribution is 2.26. The molecular formula is C14H27N3O2. The molecule has 1 fully saturated rings. The normalized spacial score (nSPS) is 20.2. The van der Waals surface area contributed by atoms with Gasteiger partial charge in [-0.2, -0.15) is 0 Å². The number of nitrogens with zero attached hydrogens (tertiary/aromatic N) is 1. The van der Waals surface area contributed by atoms with Gasteiger partial charge in [0.15, 0.2) is 0 Å². The lowest BCUT2D eigenvalue weighted by molar-refractivity contribution is -0.137. The zero-order chi connectivity index (χ0) is 14.6. The maximum absolute atomic E-state index is 12.4. The predicted octanol–water partition coefficient (Wildman–Crippen LogP) is 0.877. The molecule has 0 saturated carbocycles. The van der Waals surface area contributed by atoms with E-state index in [9.17, 15) is 9.59 Å². The second kappa shape index (κ2) is 6.37. The summed E-state index contributed by atoms with van der Waals surface area (Å²) in [7, 11) is 0. The van der Waals surface area contributed by atoms with Gasteiger partial charge in [-0.05, 0) is 33.1 Å². The van der Waals surface area contributed by atoms with Crippen LogP contribution in [0.4, 0.5) is 0 Å². The van der Waals surface area contributed by atoms with E-state index in [0.717, 1.165) is 6.54 Å². The van der Waals surface area contributed by atoms with Crippen molar-refractivity contribution in [2.75, 3.05) is 13.1 Å². The fraction of sp³-hybridized carbons (Fsp3) is 0.857. The van der Waals surface area contributed by atoms with E-state index < -0.39 is 5.41 Å². The maximum atomic E-state index is 12.4. The molecule has 110 valence electrons. The van der Waals surface area contributed by atoms with E-state index in [-0.39, 0.29) is 23.9 Å². The minimum absolute atomic E-state index is 0.0291. The van der Waals surface area contributed by atoms with Gasteiger partial charge in [0.1, 0.15) is 6.04 Å². The van der Waals surface area contributed by atoms with E-state index in [1.807, 2.05) is 32.6 Å². The molecule has 0 spiro atoms. The molecule has 1 aliphatic rings. The lowest BCUT2D eigenvalue weighted by Gasteiger charge is -2.30. The third-order valence-corrected chi connectivity index (χ3v) is 4.39. The zero-order valence-electron chi connectivity index (χ0n) is 12.5. The summed E-state index contributed by atoms with van der Waals surface area (Å²) in [6.07, 6.45) is 2.08. The molecule has 1 atom stereocenters. The Hall–Kier alpha value is -1.10. The van der Waals surface area contributed by atoms with Gasteiger partial charge in [-0.15, -0.1) is 0 Å². The summed E-state index contributed by atoms with van der Waals surface area (Å²) in [4.78, 5) is 26.3. The number of amides is 2. The van der Waals surface area contributed by atoms with Crippen molar-refractivity contribution < 1.29 is 9.59 Å². The third kappa shape index (κ3) is 3.08. The van der Waals surface area contributed by atoms with Crippen LogP contribution < -0.4 is 11.1 Å². The van der Waals surface area contributed by atoms with Crippen molar-refractivity contribution in [2.45, 2.75) is 59.0 Å². The number of carbonyl (C=O) groups excluding carboxylic acids is 2. The van der Waals surface area contributed by atoms with Gasteiger partial charge in [0.2, 0.25) is 11.8 Å². The number of rotatable bonds is 6.